The Hall–Kier alpha value is -2.04. The number of carbonyl (C=O) groups excluding carboxylic acids is 1. The molecule has 160 valence electrons. The van der Waals surface area contributed by atoms with Gasteiger partial charge in [-0.15, -0.1) is 0 Å². The lowest BCUT2D eigenvalue weighted by Gasteiger charge is -2.29. The van der Waals surface area contributed by atoms with Gasteiger partial charge in [-0.1, -0.05) is 71.2 Å². The molecule has 3 nitrogen and oxygen atoms in total. The summed E-state index contributed by atoms with van der Waals surface area (Å²) in [5.74, 6) is 0.239. The first kappa shape index (κ1) is 22.2. The predicted molar refractivity (Wildman–Crippen MR) is 128 cm³/mol. The monoisotopic (exact) mass is 472 g/mol. The second kappa shape index (κ2) is 9.62. The normalized spacial score (nSPS) is 18.5. The molecule has 6 heteroatoms. The number of halogens is 3. The Morgan fingerprint density at radius 1 is 0.935 bits per heavy atom. The number of likely N-dealkylation sites (N-methyl/N-ethyl adjacent to an activating group) is 1. The van der Waals surface area contributed by atoms with E-state index >= 15 is 0 Å². The van der Waals surface area contributed by atoms with Gasteiger partial charge in [0, 0.05) is 42.2 Å². The van der Waals surface area contributed by atoms with Crippen molar-refractivity contribution < 1.29 is 4.79 Å². The summed E-state index contributed by atoms with van der Waals surface area (Å²) < 4.78 is 0. The number of carbonyl (C=O) groups is 1. The second-order valence-electron chi connectivity index (χ2n) is 7.97. The maximum atomic E-state index is 13.1. The van der Waals surface area contributed by atoms with Crippen LogP contribution in [0.5, 0.6) is 0 Å². The highest BCUT2D eigenvalue weighted by Gasteiger charge is 2.38. The minimum atomic E-state index is 0.0602. The van der Waals surface area contributed by atoms with Crippen LogP contribution in [0.25, 0.3) is 0 Å². The fourth-order valence-corrected chi connectivity index (χ4v) is 4.69. The molecule has 0 bridgehead atoms. The molecule has 4 rings (SSSR count). The summed E-state index contributed by atoms with van der Waals surface area (Å²) in [5, 5.41) is 1.81. The third kappa shape index (κ3) is 5.07. The van der Waals surface area contributed by atoms with Gasteiger partial charge in [0.2, 0.25) is 0 Å². The lowest BCUT2D eigenvalue weighted by molar-refractivity contribution is 0.0779. The first-order valence-corrected chi connectivity index (χ1v) is 11.3. The largest absolute Gasteiger partial charge is 0.336 e. The molecule has 0 aromatic heterocycles. The van der Waals surface area contributed by atoms with E-state index in [-0.39, 0.29) is 17.9 Å². The van der Waals surface area contributed by atoms with Crippen LogP contribution in [-0.4, -0.2) is 41.9 Å². The van der Waals surface area contributed by atoms with E-state index < -0.39 is 0 Å². The predicted octanol–water partition coefficient (Wildman–Crippen LogP) is 6.39. The zero-order valence-corrected chi connectivity index (χ0v) is 19.4. The average Bonchev–Trinajstić information content (AvgIpc) is 3.22. The molecule has 31 heavy (non-hydrogen) atoms. The van der Waals surface area contributed by atoms with Crippen molar-refractivity contribution in [2.75, 3.05) is 20.1 Å². The number of rotatable bonds is 5. The van der Waals surface area contributed by atoms with Crippen LogP contribution < -0.4 is 0 Å². The fraction of sp³-hybridized carbons (Fsp3) is 0.240. The molecular weight excluding hydrogens is 451 g/mol. The van der Waals surface area contributed by atoms with Crippen molar-refractivity contribution in [3.05, 3.63) is 105 Å². The van der Waals surface area contributed by atoms with Crippen molar-refractivity contribution in [3.63, 3.8) is 0 Å². The summed E-state index contributed by atoms with van der Waals surface area (Å²) >= 11 is 18.4. The summed E-state index contributed by atoms with van der Waals surface area (Å²) in [7, 11) is 2.09. The highest BCUT2D eigenvalue weighted by atomic mass is 35.5. The first-order valence-electron chi connectivity index (χ1n) is 10.2. The third-order valence-electron chi connectivity index (χ3n) is 5.88. The Balaban J connectivity index is 1.59. The minimum Gasteiger partial charge on any atom is -0.336 e. The number of likely N-dealkylation sites (tertiary alicyclic amines) is 1. The molecule has 1 heterocycles. The molecule has 1 amide bonds. The molecule has 1 fully saturated rings. The SMILES string of the molecule is CN(Cc1ccc(Cl)c(Cl)c1)C1CN(C(=O)c2ccccc2)CC1c1ccc(Cl)cc1. The van der Waals surface area contributed by atoms with Crippen LogP contribution in [0.3, 0.4) is 0 Å². The first-order chi connectivity index (χ1) is 14.9. The molecule has 0 radical (unpaired) electrons. The summed E-state index contributed by atoms with van der Waals surface area (Å²) in [6.07, 6.45) is 0. The molecule has 3 aromatic rings. The van der Waals surface area contributed by atoms with Crippen LogP contribution in [0.1, 0.15) is 27.4 Å². The number of hydrogen-bond donors (Lipinski definition) is 0. The van der Waals surface area contributed by atoms with Crippen LogP contribution in [0.2, 0.25) is 15.1 Å². The molecule has 1 saturated heterocycles. The molecule has 1 aliphatic rings. The maximum Gasteiger partial charge on any atom is 0.253 e. The minimum absolute atomic E-state index is 0.0602. The Labute approximate surface area is 198 Å². The Morgan fingerprint density at radius 3 is 2.32 bits per heavy atom. The maximum absolute atomic E-state index is 13.1. The molecule has 0 N–H and O–H groups in total. The van der Waals surface area contributed by atoms with Crippen LogP contribution >= 0.6 is 34.8 Å². The van der Waals surface area contributed by atoms with E-state index in [1.54, 1.807) is 0 Å². The molecule has 0 saturated carbocycles. The average molecular weight is 474 g/mol. The topological polar surface area (TPSA) is 23.6 Å². The van der Waals surface area contributed by atoms with E-state index in [0.717, 1.165) is 5.56 Å². The van der Waals surface area contributed by atoms with Crippen molar-refractivity contribution in [1.29, 1.82) is 0 Å². The molecule has 1 aliphatic heterocycles. The van der Waals surface area contributed by atoms with Gasteiger partial charge in [-0.3, -0.25) is 9.69 Å². The molecular formula is C25H23Cl3N2O. The molecule has 3 aromatic carbocycles. The van der Waals surface area contributed by atoms with E-state index in [1.807, 2.05) is 65.6 Å². The van der Waals surface area contributed by atoms with Crippen LogP contribution in [0.15, 0.2) is 72.8 Å². The Bertz CT molecular complexity index is 1060. The van der Waals surface area contributed by atoms with Gasteiger partial charge in [-0.25, -0.2) is 0 Å². The molecule has 0 aliphatic carbocycles. The molecule has 2 atom stereocenters. The van der Waals surface area contributed by atoms with Gasteiger partial charge in [-0.2, -0.15) is 0 Å². The van der Waals surface area contributed by atoms with Crippen molar-refractivity contribution in [2.45, 2.75) is 18.5 Å². The summed E-state index contributed by atoms with van der Waals surface area (Å²) in [4.78, 5) is 17.4. The standard InChI is InChI=1S/C25H23Cl3N2O/c1-29(14-17-7-12-22(27)23(28)13-17)24-16-30(25(31)19-5-3-2-4-6-19)15-21(24)18-8-10-20(26)11-9-18/h2-13,21,24H,14-16H2,1H3. The van der Waals surface area contributed by atoms with Gasteiger partial charge >= 0.3 is 0 Å². The van der Waals surface area contributed by atoms with Crippen LogP contribution in [0, 0.1) is 0 Å². The lowest BCUT2D eigenvalue weighted by atomic mass is 9.93. The van der Waals surface area contributed by atoms with E-state index in [9.17, 15) is 4.79 Å². The van der Waals surface area contributed by atoms with Gasteiger partial charge in [0.05, 0.1) is 10.0 Å². The molecule has 0 spiro atoms. The summed E-state index contributed by atoms with van der Waals surface area (Å²) in [6.45, 7) is 2.02. The van der Waals surface area contributed by atoms with Gasteiger partial charge < -0.3 is 4.90 Å². The van der Waals surface area contributed by atoms with Crippen LogP contribution in [-0.2, 0) is 6.54 Å². The second-order valence-corrected chi connectivity index (χ2v) is 9.22. The summed E-state index contributed by atoms with van der Waals surface area (Å²) in [5.41, 5.74) is 2.98. The smallest absolute Gasteiger partial charge is 0.253 e. The number of amides is 1. The van der Waals surface area contributed by atoms with Gasteiger partial charge in [0.1, 0.15) is 0 Å². The number of benzene rings is 3. The third-order valence-corrected chi connectivity index (χ3v) is 6.87. The molecule has 2 unspecified atom stereocenters. The van der Waals surface area contributed by atoms with Crippen LogP contribution in [0.4, 0.5) is 0 Å². The number of nitrogens with zero attached hydrogens (tertiary/aromatic N) is 2. The van der Waals surface area contributed by atoms with Gasteiger partial charge in [0.15, 0.2) is 0 Å². The van der Waals surface area contributed by atoms with Crippen molar-refractivity contribution in [1.82, 2.24) is 9.80 Å². The zero-order chi connectivity index (χ0) is 22.0. The van der Waals surface area contributed by atoms with E-state index in [2.05, 4.69) is 24.1 Å². The quantitative estimate of drug-likeness (QED) is 0.429. The van der Waals surface area contributed by atoms with E-state index in [4.69, 9.17) is 34.8 Å². The van der Waals surface area contributed by atoms with Crippen molar-refractivity contribution in [3.8, 4) is 0 Å². The highest BCUT2D eigenvalue weighted by Crippen LogP contribution is 2.33. The Morgan fingerprint density at radius 2 is 1.65 bits per heavy atom. The van der Waals surface area contributed by atoms with E-state index in [0.29, 0.717) is 40.3 Å². The van der Waals surface area contributed by atoms with Gasteiger partial charge in [0.25, 0.3) is 5.91 Å². The Kier molecular flexibility index (Phi) is 6.88. The zero-order valence-electron chi connectivity index (χ0n) is 17.1. The van der Waals surface area contributed by atoms with Crippen molar-refractivity contribution in [2.24, 2.45) is 0 Å². The highest BCUT2D eigenvalue weighted by molar-refractivity contribution is 6.42. The van der Waals surface area contributed by atoms with Gasteiger partial charge in [-0.05, 0) is 54.6 Å². The van der Waals surface area contributed by atoms with Crippen molar-refractivity contribution >= 4 is 40.7 Å². The fourth-order valence-electron chi connectivity index (χ4n) is 4.24. The van der Waals surface area contributed by atoms with E-state index in [1.165, 1.54) is 5.56 Å². The lowest BCUT2D eigenvalue weighted by Crippen LogP contribution is -2.38. The summed E-state index contributed by atoms with van der Waals surface area (Å²) in [6, 6.07) is 23.3. The number of hydrogen-bond acceptors (Lipinski definition) is 2.